The van der Waals surface area contributed by atoms with E-state index in [4.69, 9.17) is 0 Å². The lowest BCUT2D eigenvalue weighted by molar-refractivity contribution is -0.385. The number of hydrogen-bond donors (Lipinski definition) is 1. The van der Waals surface area contributed by atoms with Gasteiger partial charge in [-0.25, -0.2) is 9.37 Å². The maximum atomic E-state index is 13.7. The van der Waals surface area contributed by atoms with Gasteiger partial charge in [0.1, 0.15) is 0 Å². The SMILES string of the molecule is CC(C)(C)c1nc(CNc2ccc([N+](=O)[O-])cc2F)cs1. The summed E-state index contributed by atoms with van der Waals surface area (Å²) in [4.78, 5) is 14.4. The Balaban J connectivity index is 2.06. The van der Waals surface area contributed by atoms with Crippen LogP contribution in [0.3, 0.4) is 0 Å². The van der Waals surface area contributed by atoms with Gasteiger partial charge in [-0.15, -0.1) is 11.3 Å². The third-order valence-electron chi connectivity index (χ3n) is 2.82. The Morgan fingerprint density at radius 1 is 1.43 bits per heavy atom. The van der Waals surface area contributed by atoms with Crippen molar-refractivity contribution in [2.75, 3.05) is 5.32 Å². The minimum atomic E-state index is -0.643. The number of thiazole rings is 1. The lowest BCUT2D eigenvalue weighted by Gasteiger charge is -2.13. The smallest absolute Gasteiger partial charge is 0.272 e. The van der Waals surface area contributed by atoms with E-state index in [-0.39, 0.29) is 16.8 Å². The van der Waals surface area contributed by atoms with Crippen molar-refractivity contribution in [1.82, 2.24) is 4.98 Å². The van der Waals surface area contributed by atoms with E-state index in [1.54, 1.807) is 11.3 Å². The first kappa shape index (κ1) is 15.4. The van der Waals surface area contributed by atoms with E-state index >= 15 is 0 Å². The highest BCUT2D eigenvalue weighted by atomic mass is 32.1. The fourth-order valence-electron chi connectivity index (χ4n) is 1.68. The molecule has 0 radical (unpaired) electrons. The van der Waals surface area contributed by atoms with Crippen molar-refractivity contribution in [3.63, 3.8) is 0 Å². The van der Waals surface area contributed by atoms with Crippen LogP contribution in [-0.2, 0) is 12.0 Å². The second kappa shape index (κ2) is 5.77. The third-order valence-corrected chi connectivity index (χ3v) is 4.13. The topological polar surface area (TPSA) is 68.1 Å². The second-order valence-electron chi connectivity index (χ2n) is 5.67. The summed E-state index contributed by atoms with van der Waals surface area (Å²) in [5.41, 5.74) is 0.775. The van der Waals surface area contributed by atoms with Crippen LogP contribution in [0, 0.1) is 15.9 Å². The fraction of sp³-hybridized carbons (Fsp3) is 0.357. The summed E-state index contributed by atoms with van der Waals surface area (Å²) < 4.78 is 13.7. The molecule has 2 rings (SSSR count). The van der Waals surface area contributed by atoms with Crippen molar-refractivity contribution in [1.29, 1.82) is 0 Å². The summed E-state index contributed by atoms with van der Waals surface area (Å²) in [7, 11) is 0. The number of anilines is 1. The summed E-state index contributed by atoms with van der Waals surface area (Å²) in [5, 5.41) is 16.4. The maximum absolute atomic E-state index is 13.7. The molecule has 0 saturated carbocycles. The zero-order valence-electron chi connectivity index (χ0n) is 12.0. The molecule has 1 aromatic heterocycles. The Labute approximate surface area is 126 Å². The number of nitrogens with zero attached hydrogens (tertiary/aromatic N) is 2. The first-order valence-electron chi connectivity index (χ1n) is 6.40. The molecule has 0 bridgehead atoms. The molecule has 112 valence electrons. The van der Waals surface area contributed by atoms with Gasteiger partial charge in [0.2, 0.25) is 0 Å². The average Bonchev–Trinajstić information content (AvgIpc) is 2.85. The molecular weight excluding hydrogens is 293 g/mol. The zero-order valence-corrected chi connectivity index (χ0v) is 12.8. The molecular formula is C14H16FN3O2S. The van der Waals surface area contributed by atoms with Gasteiger partial charge in [-0.3, -0.25) is 10.1 Å². The van der Waals surface area contributed by atoms with Gasteiger partial charge in [-0.2, -0.15) is 0 Å². The molecule has 0 aliphatic rings. The molecule has 21 heavy (non-hydrogen) atoms. The Hall–Kier alpha value is -2.02. The van der Waals surface area contributed by atoms with Crippen molar-refractivity contribution in [3.05, 3.63) is 50.2 Å². The van der Waals surface area contributed by atoms with Crippen LogP contribution in [0.4, 0.5) is 15.8 Å². The average molecular weight is 309 g/mol. The van der Waals surface area contributed by atoms with Crippen LogP contribution in [0.1, 0.15) is 31.5 Å². The molecule has 0 aliphatic carbocycles. The number of nitro groups is 1. The number of benzene rings is 1. The summed E-state index contributed by atoms with van der Waals surface area (Å²) >= 11 is 1.57. The van der Waals surface area contributed by atoms with Crippen molar-refractivity contribution in [2.24, 2.45) is 0 Å². The van der Waals surface area contributed by atoms with Crippen LogP contribution in [0.15, 0.2) is 23.6 Å². The molecule has 1 heterocycles. The van der Waals surface area contributed by atoms with E-state index in [2.05, 4.69) is 31.1 Å². The Kier molecular flexibility index (Phi) is 4.22. The molecule has 0 fully saturated rings. The lowest BCUT2D eigenvalue weighted by Crippen LogP contribution is -2.11. The fourth-order valence-corrected chi connectivity index (χ4v) is 2.59. The molecule has 0 unspecified atom stereocenters. The molecule has 7 heteroatoms. The first-order chi connectivity index (χ1) is 9.77. The van der Waals surface area contributed by atoms with E-state index in [0.29, 0.717) is 6.54 Å². The van der Waals surface area contributed by atoms with Crippen LogP contribution in [0.25, 0.3) is 0 Å². The minimum absolute atomic E-state index is 0.0124. The predicted octanol–water partition coefficient (Wildman–Crippen LogP) is 4.10. The monoisotopic (exact) mass is 309 g/mol. The van der Waals surface area contributed by atoms with E-state index < -0.39 is 10.7 Å². The number of nitro benzene ring substituents is 1. The van der Waals surface area contributed by atoms with Crippen LogP contribution >= 0.6 is 11.3 Å². The van der Waals surface area contributed by atoms with Gasteiger partial charge >= 0.3 is 0 Å². The predicted molar refractivity (Wildman–Crippen MR) is 81.2 cm³/mol. The minimum Gasteiger partial charge on any atom is -0.377 e. The summed E-state index contributed by atoms with van der Waals surface area (Å²) in [6, 6.07) is 3.54. The summed E-state index contributed by atoms with van der Waals surface area (Å²) in [6.45, 7) is 6.62. The molecule has 2 aromatic rings. The van der Waals surface area contributed by atoms with E-state index in [0.717, 1.165) is 16.8 Å². The molecule has 1 aromatic carbocycles. The van der Waals surface area contributed by atoms with Crippen LogP contribution in [0.2, 0.25) is 0 Å². The number of aromatic nitrogens is 1. The number of nitrogens with one attached hydrogen (secondary N) is 1. The highest BCUT2D eigenvalue weighted by Gasteiger charge is 2.18. The molecule has 0 spiro atoms. The Bertz CT molecular complexity index is 664. The quantitative estimate of drug-likeness (QED) is 0.682. The van der Waals surface area contributed by atoms with Crippen molar-refractivity contribution >= 4 is 22.7 Å². The van der Waals surface area contributed by atoms with Crippen molar-refractivity contribution in [2.45, 2.75) is 32.7 Å². The normalized spacial score (nSPS) is 11.4. The lowest BCUT2D eigenvalue weighted by atomic mass is 9.98. The zero-order chi connectivity index (χ0) is 15.6. The maximum Gasteiger partial charge on any atom is 0.272 e. The molecule has 0 atom stereocenters. The highest BCUT2D eigenvalue weighted by Crippen LogP contribution is 2.26. The van der Waals surface area contributed by atoms with Gasteiger partial charge in [0.05, 0.1) is 33.9 Å². The largest absolute Gasteiger partial charge is 0.377 e. The van der Waals surface area contributed by atoms with Gasteiger partial charge < -0.3 is 5.32 Å². The number of rotatable bonds is 4. The molecule has 0 amide bonds. The van der Waals surface area contributed by atoms with E-state index in [1.165, 1.54) is 12.1 Å². The standard InChI is InChI=1S/C14H16FN3O2S/c1-14(2,3)13-17-9(8-21-13)7-16-12-5-4-10(18(19)20)6-11(12)15/h4-6,8,16H,7H2,1-3H3. The van der Waals surface area contributed by atoms with Crippen molar-refractivity contribution < 1.29 is 9.31 Å². The molecule has 5 nitrogen and oxygen atoms in total. The van der Waals surface area contributed by atoms with Gasteiger partial charge in [0, 0.05) is 16.9 Å². The van der Waals surface area contributed by atoms with Crippen LogP contribution < -0.4 is 5.32 Å². The highest BCUT2D eigenvalue weighted by molar-refractivity contribution is 7.09. The Morgan fingerprint density at radius 3 is 2.67 bits per heavy atom. The van der Waals surface area contributed by atoms with Gasteiger partial charge in [-0.05, 0) is 6.07 Å². The summed E-state index contributed by atoms with van der Waals surface area (Å²) in [6.07, 6.45) is 0. The molecule has 0 aliphatic heterocycles. The van der Waals surface area contributed by atoms with Gasteiger partial charge in [0.25, 0.3) is 5.69 Å². The molecule has 1 N–H and O–H groups in total. The van der Waals surface area contributed by atoms with Crippen LogP contribution in [0.5, 0.6) is 0 Å². The first-order valence-corrected chi connectivity index (χ1v) is 7.28. The van der Waals surface area contributed by atoms with Gasteiger partial charge in [0.15, 0.2) is 5.82 Å². The summed E-state index contributed by atoms with van der Waals surface area (Å²) in [5.74, 6) is -0.643. The number of hydrogen-bond acceptors (Lipinski definition) is 5. The molecule has 0 saturated heterocycles. The van der Waals surface area contributed by atoms with Gasteiger partial charge in [-0.1, -0.05) is 20.8 Å². The number of non-ortho nitro benzene ring substituents is 1. The number of halogens is 1. The third kappa shape index (κ3) is 3.75. The van der Waals surface area contributed by atoms with E-state index in [1.807, 2.05) is 5.38 Å². The second-order valence-corrected chi connectivity index (χ2v) is 6.53. The Morgan fingerprint density at radius 2 is 2.14 bits per heavy atom. The van der Waals surface area contributed by atoms with Crippen LogP contribution in [-0.4, -0.2) is 9.91 Å². The van der Waals surface area contributed by atoms with E-state index in [9.17, 15) is 14.5 Å². The van der Waals surface area contributed by atoms with Crippen molar-refractivity contribution in [3.8, 4) is 0 Å².